The Labute approximate surface area is 228 Å². The fourth-order valence-electron chi connectivity index (χ4n) is 4.33. The lowest BCUT2D eigenvalue weighted by atomic mass is 10.1. The third-order valence-corrected chi connectivity index (χ3v) is 7.57. The Bertz CT molecular complexity index is 1230. The molecule has 1 aliphatic heterocycles. The SMILES string of the molecule is CCN(CC)c1ccc(CN(C[C@H]2CCCO2)C(=O)NC(C)C)c(OS(=O)(=O)c2cccc(C(F)(F)F)c2)c1. The summed E-state index contributed by atoms with van der Waals surface area (Å²) < 4.78 is 77.3. The standard InChI is InChI=1S/C27H36F3N3O5S/c1-5-32(6-2)22-13-12-20(17-33(26(34)31-19(3)4)18-23-10-8-14-37-23)25(16-22)38-39(35,36)24-11-7-9-21(15-24)27(28,29)30/h7,9,11-13,15-16,19,23H,5-6,8,10,14,17-18H2,1-4H3,(H,31,34)/t23-/m1/s1. The zero-order chi connectivity index (χ0) is 28.8. The molecule has 0 aromatic heterocycles. The molecule has 3 rings (SSSR count). The number of urea groups is 1. The number of rotatable bonds is 11. The molecule has 0 spiro atoms. The van der Waals surface area contributed by atoms with Crippen LogP contribution in [0.4, 0.5) is 23.7 Å². The smallest absolute Gasteiger partial charge is 0.379 e. The fourth-order valence-corrected chi connectivity index (χ4v) is 5.33. The first kappa shape index (κ1) is 30.6. The summed E-state index contributed by atoms with van der Waals surface area (Å²) in [6.07, 6.45) is -3.20. The second-order valence-corrected chi connectivity index (χ2v) is 11.2. The number of nitrogens with zero attached hydrogens (tertiary/aromatic N) is 2. The summed E-state index contributed by atoms with van der Waals surface area (Å²) in [5.74, 6) is -0.0634. The zero-order valence-corrected chi connectivity index (χ0v) is 23.4. The van der Waals surface area contributed by atoms with E-state index in [1.54, 1.807) is 12.1 Å². The first-order chi connectivity index (χ1) is 18.3. The molecule has 216 valence electrons. The second kappa shape index (κ2) is 12.9. The lowest BCUT2D eigenvalue weighted by molar-refractivity contribution is -0.137. The predicted octanol–water partition coefficient (Wildman–Crippen LogP) is 5.42. The van der Waals surface area contributed by atoms with Crippen LogP contribution in [0.25, 0.3) is 0 Å². The number of ether oxygens (including phenoxy) is 1. The highest BCUT2D eigenvalue weighted by molar-refractivity contribution is 7.87. The van der Waals surface area contributed by atoms with Gasteiger partial charge in [0, 0.05) is 49.6 Å². The number of halogens is 3. The lowest BCUT2D eigenvalue weighted by Gasteiger charge is -2.28. The van der Waals surface area contributed by atoms with Gasteiger partial charge in [-0.1, -0.05) is 12.1 Å². The molecule has 2 amide bonds. The minimum absolute atomic E-state index is 0.00435. The van der Waals surface area contributed by atoms with E-state index in [0.717, 1.165) is 31.0 Å². The summed E-state index contributed by atoms with van der Waals surface area (Å²) in [6.45, 7) is 9.71. The van der Waals surface area contributed by atoms with Gasteiger partial charge in [-0.25, -0.2) is 4.79 Å². The summed E-state index contributed by atoms with van der Waals surface area (Å²) in [6, 6.07) is 7.95. The van der Waals surface area contributed by atoms with E-state index in [4.69, 9.17) is 8.92 Å². The van der Waals surface area contributed by atoms with Gasteiger partial charge in [0.25, 0.3) is 0 Å². The van der Waals surface area contributed by atoms with Crippen LogP contribution in [-0.2, 0) is 27.6 Å². The van der Waals surface area contributed by atoms with Crippen molar-refractivity contribution in [3.63, 3.8) is 0 Å². The second-order valence-electron chi connectivity index (χ2n) is 9.65. The molecule has 1 fully saturated rings. The highest BCUT2D eigenvalue weighted by Crippen LogP contribution is 2.33. The summed E-state index contributed by atoms with van der Waals surface area (Å²) >= 11 is 0. The molecule has 1 saturated heterocycles. The largest absolute Gasteiger partial charge is 0.416 e. The number of hydrogen-bond acceptors (Lipinski definition) is 6. The van der Waals surface area contributed by atoms with Gasteiger partial charge >= 0.3 is 22.3 Å². The first-order valence-electron chi connectivity index (χ1n) is 13.0. The van der Waals surface area contributed by atoms with Gasteiger partial charge in [0.1, 0.15) is 10.6 Å². The molecule has 2 aromatic carbocycles. The molecule has 12 heteroatoms. The Morgan fingerprint density at radius 2 is 1.87 bits per heavy atom. The molecule has 0 saturated carbocycles. The Kier molecular flexibility index (Phi) is 10.1. The van der Waals surface area contributed by atoms with Crippen molar-refractivity contribution in [1.29, 1.82) is 0 Å². The molecule has 1 atom stereocenters. The van der Waals surface area contributed by atoms with E-state index in [0.29, 0.717) is 37.0 Å². The van der Waals surface area contributed by atoms with Crippen LogP contribution in [-0.4, -0.2) is 57.7 Å². The van der Waals surface area contributed by atoms with Crippen LogP contribution < -0.4 is 14.4 Å². The van der Waals surface area contributed by atoms with Gasteiger partial charge in [-0.3, -0.25) is 0 Å². The van der Waals surface area contributed by atoms with Crippen LogP contribution >= 0.6 is 0 Å². The molecule has 1 aliphatic rings. The number of carbonyl (C=O) groups excluding carboxylic acids is 1. The fraction of sp³-hybridized carbons (Fsp3) is 0.519. The Hall–Kier alpha value is -2.99. The Balaban J connectivity index is 2.01. The van der Waals surface area contributed by atoms with Crippen LogP contribution in [0.5, 0.6) is 5.75 Å². The number of carbonyl (C=O) groups is 1. The van der Waals surface area contributed by atoms with Gasteiger partial charge < -0.3 is 24.0 Å². The zero-order valence-electron chi connectivity index (χ0n) is 22.6. The van der Waals surface area contributed by atoms with Gasteiger partial charge in [0.05, 0.1) is 18.2 Å². The van der Waals surface area contributed by atoms with E-state index in [9.17, 15) is 26.4 Å². The molecular formula is C27H36F3N3O5S. The monoisotopic (exact) mass is 571 g/mol. The number of amides is 2. The van der Waals surface area contributed by atoms with E-state index in [1.165, 1.54) is 11.0 Å². The van der Waals surface area contributed by atoms with Crippen molar-refractivity contribution in [3.05, 3.63) is 53.6 Å². The van der Waals surface area contributed by atoms with Crippen LogP contribution in [0.2, 0.25) is 0 Å². The van der Waals surface area contributed by atoms with Gasteiger partial charge in [0.2, 0.25) is 0 Å². The van der Waals surface area contributed by atoms with Crippen molar-refractivity contribution in [2.75, 3.05) is 31.1 Å². The minimum Gasteiger partial charge on any atom is -0.379 e. The average molecular weight is 572 g/mol. The molecule has 1 heterocycles. The molecule has 1 N–H and O–H groups in total. The topological polar surface area (TPSA) is 88.2 Å². The van der Waals surface area contributed by atoms with Crippen LogP contribution in [0.1, 0.15) is 51.7 Å². The van der Waals surface area contributed by atoms with Gasteiger partial charge in [-0.2, -0.15) is 21.6 Å². The molecule has 0 bridgehead atoms. The van der Waals surface area contributed by atoms with Gasteiger partial charge in [0.15, 0.2) is 0 Å². The molecule has 8 nitrogen and oxygen atoms in total. The molecule has 0 unspecified atom stereocenters. The van der Waals surface area contributed by atoms with E-state index in [-0.39, 0.29) is 37.0 Å². The van der Waals surface area contributed by atoms with Crippen molar-refractivity contribution < 1.29 is 35.3 Å². The summed E-state index contributed by atoms with van der Waals surface area (Å²) in [4.78, 5) is 15.9. The lowest BCUT2D eigenvalue weighted by Crippen LogP contribution is -2.45. The number of nitrogens with one attached hydrogen (secondary N) is 1. The maximum Gasteiger partial charge on any atom is 0.416 e. The highest BCUT2D eigenvalue weighted by atomic mass is 32.2. The number of hydrogen-bond donors (Lipinski definition) is 1. The molecule has 0 aliphatic carbocycles. The quantitative estimate of drug-likeness (QED) is 0.363. The van der Waals surface area contributed by atoms with Gasteiger partial charge in [-0.05, 0) is 64.8 Å². The summed E-state index contributed by atoms with van der Waals surface area (Å²) in [5, 5.41) is 2.86. The Morgan fingerprint density at radius 3 is 2.46 bits per heavy atom. The molecular weight excluding hydrogens is 535 g/mol. The minimum atomic E-state index is -4.72. The third-order valence-electron chi connectivity index (χ3n) is 6.34. The number of anilines is 1. The van der Waals surface area contributed by atoms with Crippen LogP contribution in [0.15, 0.2) is 47.4 Å². The van der Waals surface area contributed by atoms with Crippen molar-refractivity contribution >= 4 is 21.8 Å². The Morgan fingerprint density at radius 1 is 1.15 bits per heavy atom. The van der Waals surface area contributed by atoms with Crippen molar-refractivity contribution in [1.82, 2.24) is 10.2 Å². The van der Waals surface area contributed by atoms with Crippen LogP contribution in [0.3, 0.4) is 0 Å². The van der Waals surface area contributed by atoms with Crippen molar-refractivity contribution in [2.24, 2.45) is 0 Å². The molecule has 39 heavy (non-hydrogen) atoms. The van der Waals surface area contributed by atoms with Crippen LogP contribution in [0, 0.1) is 0 Å². The van der Waals surface area contributed by atoms with E-state index in [1.807, 2.05) is 32.6 Å². The third kappa shape index (κ3) is 8.25. The van der Waals surface area contributed by atoms with E-state index in [2.05, 4.69) is 5.32 Å². The maximum absolute atomic E-state index is 13.2. The predicted molar refractivity (Wildman–Crippen MR) is 142 cm³/mol. The molecule has 0 radical (unpaired) electrons. The van der Waals surface area contributed by atoms with Crippen molar-refractivity contribution in [3.8, 4) is 5.75 Å². The number of alkyl halides is 3. The van der Waals surface area contributed by atoms with E-state index < -0.39 is 26.8 Å². The summed E-state index contributed by atoms with van der Waals surface area (Å²) in [7, 11) is -4.63. The van der Waals surface area contributed by atoms with E-state index >= 15 is 0 Å². The highest BCUT2D eigenvalue weighted by Gasteiger charge is 2.32. The first-order valence-corrected chi connectivity index (χ1v) is 14.4. The van der Waals surface area contributed by atoms with Crippen molar-refractivity contribution in [2.45, 2.75) is 70.3 Å². The molecule has 2 aromatic rings. The van der Waals surface area contributed by atoms with Gasteiger partial charge in [-0.15, -0.1) is 0 Å². The average Bonchev–Trinajstić information content (AvgIpc) is 3.38. The number of benzene rings is 2. The normalized spacial score (nSPS) is 15.8. The summed E-state index contributed by atoms with van der Waals surface area (Å²) in [5.41, 5.74) is -0.0361. The maximum atomic E-state index is 13.2.